The van der Waals surface area contributed by atoms with Gasteiger partial charge in [0.05, 0.1) is 11.4 Å². The Bertz CT molecular complexity index is 1860. The van der Waals surface area contributed by atoms with Gasteiger partial charge >= 0.3 is 0 Å². The highest BCUT2D eigenvalue weighted by molar-refractivity contribution is 5.84. The fourth-order valence-electron chi connectivity index (χ4n) is 8.07. The van der Waals surface area contributed by atoms with E-state index in [2.05, 4.69) is 109 Å². The van der Waals surface area contributed by atoms with E-state index in [4.69, 9.17) is 19.9 Å². The van der Waals surface area contributed by atoms with Crippen LogP contribution in [0.4, 0.5) is 0 Å². The molecule has 0 N–H and O–H groups in total. The van der Waals surface area contributed by atoms with Crippen LogP contribution in [0.15, 0.2) is 109 Å². The zero-order valence-corrected chi connectivity index (χ0v) is 28.0. The molecule has 6 aliphatic rings. The molecule has 4 unspecified atom stereocenters. The van der Waals surface area contributed by atoms with Gasteiger partial charge in [0.15, 0.2) is 5.82 Å². The molecule has 2 aromatic rings. The van der Waals surface area contributed by atoms with Crippen molar-refractivity contribution in [2.45, 2.75) is 88.9 Å². The second-order valence-corrected chi connectivity index (χ2v) is 14.1. The normalized spacial score (nSPS) is 26.6. The van der Waals surface area contributed by atoms with Crippen molar-refractivity contribution >= 4 is 22.3 Å². The number of nitrogens with zero attached hydrogens (tertiary/aromatic N) is 4. The molecule has 48 heavy (non-hydrogen) atoms. The van der Waals surface area contributed by atoms with Crippen molar-refractivity contribution in [1.29, 1.82) is 0 Å². The number of pyridine rings is 1. The summed E-state index contributed by atoms with van der Waals surface area (Å²) in [4.78, 5) is 20.8. The van der Waals surface area contributed by atoms with Gasteiger partial charge in [-0.25, -0.2) is 19.9 Å². The van der Waals surface area contributed by atoms with Gasteiger partial charge in [0.25, 0.3) is 0 Å². The number of hydrogen-bond acceptors (Lipinski definition) is 4. The van der Waals surface area contributed by atoms with E-state index in [-0.39, 0.29) is 11.8 Å². The third-order valence-electron chi connectivity index (χ3n) is 10.8. The average molecular weight is 631 g/mol. The molecular weight excluding hydrogens is 585 g/mol. The van der Waals surface area contributed by atoms with Crippen LogP contribution in [0.1, 0.15) is 123 Å². The summed E-state index contributed by atoms with van der Waals surface area (Å²) in [5, 5.41) is 0. The van der Waals surface area contributed by atoms with Gasteiger partial charge in [0.1, 0.15) is 11.6 Å². The highest BCUT2D eigenvalue weighted by Crippen LogP contribution is 2.41. The first-order valence-electron chi connectivity index (χ1n) is 18.4. The lowest BCUT2D eigenvalue weighted by Crippen LogP contribution is -2.21. The fourth-order valence-corrected chi connectivity index (χ4v) is 8.07. The van der Waals surface area contributed by atoms with E-state index in [9.17, 15) is 0 Å². The monoisotopic (exact) mass is 630 g/mol. The van der Waals surface area contributed by atoms with Crippen LogP contribution in [-0.2, 0) is 0 Å². The maximum atomic E-state index is 5.43. The summed E-state index contributed by atoms with van der Waals surface area (Å²) in [5.41, 5.74) is 8.80. The van der Waals surface area contributed by atoms with Crippen molar-refractivity contribution in [3.8, 4) is 0 Å². The van der Waals surface area contributed by atoms with Crippen LogP contribution in [0.2, 0.25) is 0 Å². The van der Waals surface area contributed by atoms with Gasteiger partial charge in [-0.1, -0.05) is 103 Å². The van der Waals surface area contributed by atoms with E-state index in [0.717, 1.165) is 98.6 Å². The summed E-state index contributed by atoms with van der Waals surface area (Å²) in [7, 11) is 0. The van der Waals surface area contributed by atoms with Crippen molar-refractivity contribution in [3.05, 3.63) is 144 Å². The molecule has 0 amide bonds. The van der Waals surface area contributed by atoms with E-state index in [1.165, 1.54) is 35.1 Å². The number of allylic oxidation sites excluding steroid dienone is 20. The Hall–Kier alpha value is -4.44. The van der Waals surface area contributed by atoms with Crippen LogP contribution in [-0.4, -0.2) is 19.9 Å². The number of rotatable bonds is 7. The molecule has 4 heteroatoms. The molecule has 0 aliphatic heterocycles. The molecule has 4 atom stereocenters. The van der Waals surface area contributed by atoms with Crippen LogP contribution < -0.4 is 0 Å². The zero-order chi connectivity index (χ0) is 32.1. The molecule has 6 aliphatic carbocycles. The zero-order valence-electron chi connectivity index (χ0n) is 28.0. The minimum absolute atomic E-state index is 0.198. The maximum Gasteiger partial charge on any atom is 0.163 e. The van der Waals surface area contributed by atoms with Crippen molar-refractivity contribution in [2.75, 3.05) is 0 Å². The van der Waals surface area contributed by atoms with Crippen molar-refractivity contribution < 1.29 is 0 Å². The smallest absolute Gasteiger partial charge is 0.163 e. The second-order valence-electron chi connectivity index (χ2n) is 14.1. The molecule has 2 heterocycles. The summed E-state index contributed by atoms with van der Waals surface area (Å²) < 4.78 is 0. The first kappa shape index (κ1) is 30.9. The predicted octanol–water partition coefficient (Wildman–Crippen LogP) is 11.0. The summed E-state index contributed by atoms with van der Waals surface area (Å²) in [6, 6.07) is 4.61. The van der Waals surface area contributed by atoms with Crippen LogP contribution in [0, 0.1) is 11.8 Å². The van der Waals surface area contributed by atoms with Gasteiger partial charge in [-0.15, -0.1) is 0 Å². The lowest BCUT2D eigenvalue weighted by atomic mass is 9.75. The molecule has 4 nitrogen and oxygen atoms in total. The fraction of sp³-hybridized carbons (Fsp3) is 0.364. The van der Waals surface area contributed by atoms with E-state index in [1.807, 2.05) is 0 Å². The van der Waals surface area contributed by atoms with E-state index in [1.54, 1.807) is 0 Å². The van der Waals surface area contributed by atoms with Crippen molar-refractivity contribution in [2.24, 2.45) is 11.8 Å². The Balaban J connectivity index is 1.10. The third kappa shape index (κ3) is 6.76. The second kappa shape index (κ2) is 14.4. The van der Waals surface area contributed by atoms with Crippen molar-refractivity contribution in [3.63, 3.8) is 0 Å². The number of aromatic nitrogens is 4. The van der Waals surface area contributed by atoms with Gasteiger partial charge in [0.2, 0.25) is 0 Å². The van der Waals surface area contributed by atoms with Crippen LogP contribution in [0.5, 0.6) is 0 Å². The van der Waals surface area contributed by atoms with E-state index >= 15 is 0 Å². The molecule has 0 bridgehead atoms. The molecular formula is C44H46N4. The van der Waals surface area contributed by atoms with Gasteiger partial charge in [-0.2, -0.15) is 0 Å². The molecule has 242 valence electrons. The Morgan fingerprint density at radius 3 is 2.40 bits per heavy atom. The maximum absolute atomic E-state index is 5.43. The highest BCUT2D eigenvalue weighted by atomic mass is 15.0. The highest BCUT2D eigenvalue weighted by Gasteiger charge is 2.30. The topological polar surface area (TPSA) is 51.6 Å². The molecule has 0 spiro atoms. The van der Waals surface area contributed by atoms with Crippen LogP contribution >= 0.6 is 0 Å². The molecule has 0 fully saturated rings. The van der Waals surface area contributed by atoms with Crippen LogP contribution in [0.3, 0.4) is 0 Å². The molecule has 8 rings (SSSR count). The lowest BCUT2D eigenvalue weighted by molar-refractivity contribution is 0.383. The Morgan fingerprint density at radius 2 is 1.56 bits per heavy atom. The molecule has 0 saturated carbocycles. The molecule has 0 saturated heterocycles. The standard InChI is InChI=1S/C44H46N4/c1-5-15-31(16-6-1)39-27-28-40(32-17-7-2-8-18-32)45-41(39)37-25-13-23-35(29-37)36-24-14-26-38(30-36)44-47-42(33-19-9-3-10-20-33)46-43(48-44)34-21-11-4-12-22-34/h1,3,5,9-11,13-15,17,19,21-22,24-25,27-29,33,35-36,38H,2,4,6-8,12,16,18,20,23,26,30H2. The summed E-state index contributed by atoms with van der Waals surface area (Å²) in [5.74, 6) is 4.00. The average Bonchev–Trinajstić information content (AvgIpc) is 3.19. The van der Waals surface area contributed by atoms with Gasteiger partial charge in [-0.05, 0) is 112 Å². The van der Waals surface area contributed by atoms with Gasteiger partial charge in [-0.3, -0.25) is 0 Å². The van der Waals surface area contributed by atoms with Gasteiger partial charge < -0.3 is 0 Å². The first-order chi connectivity index (χ1) is 23.8. The Labute approximate surface area is 286 Å². The number of hydrogen-bond donors (Lipinski definition) is 0. The molecule has 0 radical (unpaired) electrons. The SMILES string of the molecule is C1=CCCC(c2ccc(C3=CCCCC3)nc2C2=CC(C3C=CCC(c4nc(C5=CCCC=C5)nc(C5C=CC=CC5)n4)C3)CC=C2)=C1. The lowest BCUT2D eigenvalue weighted by Gasteiger charge is -2.31. The van der Waals surface area contributed by atoms with E-state index < -0.39 is 0 Å². The summed E-state index contributed by atoms with van der Waals surface area (Å²) in [6.07, 6.45) is 49.8. The summed E-state index contributed by atoms with van der Waals surface area (Å²) >= 11 is 0. The predicted molar refractivity (Wildman–Crippen MR) is 199 cm³/mol. The minimum Gasteiger partial charge on any atom is -0.248 e. The Morgan fingerprint density at radius 1 is 0.604 bits per heavy atom. The largest absolute Gasteiger partial charge is 0.248 e. The third-order valence-corrected chi connectivity index (χ3v) is 10.8. The Kier molecular flexibility index (Phi) is 9.23. The van der Waals surface area contributed by atoms with E-state index in [0.29, 0.717) is 11.8 Å². The van der Waals surface area contributed by atoms with Crippen molar-refractivity contribution in [1.82, 2.24) is 19.9 Å². The molecule has 0 aromatic carbocycles. The first-order valence-corrected chi connectivity index (χ1v) is 18.4. The summed E-state index contributed by atoms with van der Waals surface area (Å²) in [6.45, 7) is 0. The van der Waals surface area contributed by atoms with Crippen LogP contribution in [0.25, 0.3) is 22.3 Å². The minimum atomic E-state index is 0.198. The van der Waals surface area contributed by atoms with Gasteiger partial charge in [0, 0.05) is 23.0 Å². The molecule has 2 aromatic heterocycles. The quantitative estimate of drug-likeness (QED) is 0.286.